The summed E-state index contributed by atoms with van der Waals surface area (Å²) in [6.07, 6.45) is -0.273. The lowest BCUT2D eigenvalue weighted by atomic mass is 10.1. The molecule has 78 valence electrons. The summed E-state index contributed by atoms with van der Waals surface area (Å²) in [6, 6.07) is 5.07. The van der Waals surface area contributed by atoms with Gasteiger partial charge in [0.1, 0.15) is 6.17 Å². The van der Waals surface area contributed by atoms with Gasteiger partial charge in [0.15, 0.2) is 0 Å². The summed E-state index contributed by atoms with van der Waals surface area (Å²) in [5.74, 6) is 0. The molecule has 0 spiro atoms. The molecule has 0 aliphatic rings. The van der Waals surface area contributed by atoms with Gasteiger partial charge in [0.05, 0.1) is 0 Å². The largest absolute Gasteiger partial charge is 0.330 e. The Kier molecular flexibility index (Phi) is 4.66. The first-order valence-electron chi connectivity index (χ1n) is 4.41. The minimum atomic E-state index is -0.932. The summed E-state index contributed by atoms with van der Waals surface area (Å²) >= 11 is 11.6. The minimum Gasteiger partial charge on any atom is -0.330 e. The van der Waals surface area contributed by atoms with Gasteiger partial charge in [-0.05, 0) is 30.7 Å². The molecule has 0 aliphatic carbocycles. The van der Waals surface area contributed by atoms with Crippen molar-refractivity contribution in [3.8, 4) is 0 Å². The predicted octanol–water partition coefficient (Wildman–Crippen LogP) is 3.22. The Labute approximate surface area is 93.0 Å². The first-order valence-corrected chi connectivity index (χ1v) is 5.17. The highest BCUT2D eigenvalue weighted by atomic mass is 35.5. The van der Waals surface area contributed by atoms with Crippen LogP contribution in [0.4, 0.5) is 4.39 Å². The zero-order valence-electron chi connectivity index (χ0n) is 7.64. The van der Waals surface area contributed by atoms with Gasteiger partial charge in [-0.25, -0.2) is 4.39 Å². The van der Waals surface area contributed by atoms with E-state index in [0.29, 0.717) is 29.4 Å². The van der Waals surface area contributed by atoms with Crippen LogP contribution in [0, 0.1) is 0 Å². The third-order valence-corrected chi connectivity index (χ3v) is 2.52. The monoisotopic (exact) mass is 235 g/mol. The number of benzene rings is 1. The van der Waals surface area contributed by atoms with Crippen molar-refractivity contribution >= 4 is 23.2 Å². The van der Waals surface area contributed by atoms with E-state index in [2.05, 4.69) is 0 Å². The van der Waals surface area contributed by atoms with Gasteiger partial charge in [-0.3, -0.25) is 0 Å². The molecule has 0 radical (unpaired) electrons. The molecule has 1 aromatic carbocycles. The topological polar surface area (TPSA) is 26.0 Å². The van der Waals surface area contributed by atoms with Gasteiger partial charge in [0, 0.05) is 16.5 Å². The Morgan fingerprint density at radius 1 is 1.36 bits per heavy atom. The zero-order chi connectivity index (χ0) is 10.6. The van der Waals surface area contributed by atoms with Crippen LogP contribution in [-0.2, 0) is 6.42 Å². The summed E-state index contributed by atoms with van der Waals surface area (Å²) in [6.45, 7) is 0.354. The van der Waals surface area contributed by atoms with E-state index in [1.807, 2.05) is 0 Å². The van der Waals surface area contributed by atoms with E-state index in [-0.39, 0.29) is 0 Å². The molecule has 0 aliphatic heterocycles. The summed E-state index contributed by atoms with van der Waals surface area (Å²) in [5.41, 5.74) is 6.03. The van der Waals surface area contributed by atoms with E-state index in [4.69, 9.17) is 28.9 Å². The van der Waals surface area contributed by atoms with Crippen LogP contribution < -0.4 is 5.73 Å². The predicted molar refractivity (Wildman–Crippen MR) is 58.7 cm³/mol. The lowest BCUT2D eigenvalue weighted by Crippen LogP contribution is -2.11. The number of hydrogen-bond donors (Lipinski definition) is 1. The maximum absolute atomic E-state index is 13.2. The average molecular weight is 236 g/mol. The average Bonchev–Trinajstić information content (AvgIpc) is 2.10. The SMILES string of the molecule is NCCC(F)Cc1ccc(Cl)cc1Cl. The van der Waals surface area contributed by atoms with Crippen LogP contribution in [0.15, 0.2) is 18.2 Å². The molecule has 1 atom stereocenters. The van der Waals surface area contributed by atoms with Crippen molar-refractivity contribution in [1.29, 1.82) is 0 Å². The first-order chi connectivity index (χ1) is 6.63. The number of hydrogen-bond acceptors (Lipinski definition) is 1. The van der Waals surface area contributed by atoms with Crippen molar-refractivity contribution in [3.63, 3.8) is 0 Å². The number of alkyl halides is 1. The summed E-state index contributed by atoms with van der Waals surface area (Å²) in [4.78, 5) is 0. The lowest BCUT2D eigenvalue weighted by molar-refractivity contribution is 0.316. The lowest BCUT2D eigenvalue weighted by Gasteiger charge is -2.08. The highest BCUT2D eigenvalue weighted by Gasteiger charge is 2.09. The molecule has 0 fully saturated rings. The van der Waals surface area contributed by atoms with Gasteiger partial charge >= 0.3 is 0 Å². The molecule has 1 aromatic rings. The second kappa shape index (κ2) is 5.54. The van der Waals surface area contributed by atoms with Crippen molar-refractivity contribution in [2.24, 2.45) is 5.73 Å². The van der Waals surface area contributed by atoms with Crippen LogP contribution in [0.1, 0.15) is 12.0 Å². The van der Waals surface area contributed by atoms with Crippen molar-refractivity contribution in [2.45, 2.75) is 19.0 Å². The van der Waals surface area contributed by atoms with Gasteiger partial charge in [-0.15, -0.1) is 0 Å². The van der Waals surface area contributed by atoms with Crippen molar-refractivity contribution in [2.75, 3.05) is 6.54 Å². The number of nitrogens with two attached hydrogens (primary N) is 1. The van der Waals surface area contributed by atoms with E-state index >= 15 is 0 Å². The van der Waals surface area contributed by atoms with E-state index in [1.165, 1.54) is 0 Å². The van der Waals surface area contributed by atoms with Crippen LogP contribution >= 0.6 is 23.2 Å². The molecule has 0 aromatic heterocycles. The molecule has 0 amide bonds. The second-order valence-electron chi connectivity index (χ2n) is 3.11. The zero-order valence-corrected chi connectivity index (χ0v) is 9.15. The highest BCUT2D eigenvalue weighted by molar-refractivity contribution is 6.35. The molecular formula is C10H12Cl2FN. The fraction of sp³-hybridized carbons (Fsp3) is 0.400. The fourth-order valence-electron chi connectivity index (χ4n) is 1.21. The first kappa shape index (κ1) is 11.8. The third kappa shape index (κ3) is 3.45. The molecule has 1 nitrogen and oxygen atoms in total. The highest BCUT2D eigenvalue weighted by Crippen LogP contribution is 2.23. The maximum Gasteiger partial charge on any atom is 0.105 e. The Morgan fingerprint density at radius 2 is 2.07 bits per heavy atom. The van der Waals surface area contributed by atoms with Gasteiger partial charge in [-0.1, -0.05) is 29.3 Å². The number of rotatable bonds is 4. The van der Waals surface area contributed by atoms with E-state index in [1.54, 1.807) is 18.2 Å². The normalized spacial score (nSPS) is 12.9. The molecule has 0 saturated heterocycles. The minimum absolute atomic E-state index is 0.299. The van der Waals surface area contributed by atoms with Gasteiger partial charge < -0.3 is 5.73 Å². The van der Waals surface area contributed by atoms with Crippen LogP contribution in [0.25, 0.3) is 0 Å². The Morgan fingerprint density at radius 3 is 2.64 bits per heavy atom. The summed E-state index contributed by atoms with van der Waals surface area (Å²) in [5, 5.41) is 1.07. The fourth-order valence-corrected chi connectivity index (χ4v) is 1.69. The molecular weight excluding hydrogens is 224 g/mol. The molecule has 14 heavy (non-hydrogen) atoms. The molecule has 0 heterocycles. The summed E-state index contributed by atoms with van der Waals surface area (Å²) < 4.78 is 13.2. The van der Waals surface area contributed by atoms with E-state index in [0.717, 1.165) is 5.56 Å². The second-order valence-corrected chi connectivity index (χ2v) is 3.96. The van der Waals surface area contributed by atoms with Gasteiger partial charge in [-0.2, -0.15) is 0 Å². The van der Waals surface area contributed by atoms with Crippen LogP contribution in [0.3, 0.4) is 0 Å². The van der Waals surface area contributed by atoms with E-state index < -0.39 is 6.17 Å². The smallest absolute Gasteiger partial charge is 0.105 e. The quantitative estimate of drug-likeness (QED) is 0.853. The Balaban J connectivity index is 2.67. The van der Waals surface area contributed by atoms with Gasteiger partial charge in [0.25, 0.3) is 0 Å². The molecule has 2 N–H and O–H groups in total. The molecule has 0 saturated carbocycles. The van der Waals surface area contributed by atoms with Crippen LogP contribution in [0.5, 0.6) is 0 Å². The third-order valence-electron chi connectivity index (χ3n) is 1.94. The van der Waals surface area contributed by atoms with E-state index in [9.17, 15) is 4.39 Å². The Hall–Kier alpha value is -0.310. The van der Waals surface area contributed by atoms with Crippen molar-refractivity contribution in [3.05, 3.63) is 33.8 Å². The van der Waals surface area contributed by atoms with Gasteiger partial charge in [0.2, 0.25) is 0 Å². The maximum atomic E-state index is 13.2. The van der Waals surface area contributed by atoms with Crippen LogP contribution in [0.2, 0.25) is 10.0 Å². The van der Waals surface area contributed by atoms with Crippen molar-refractivity contribution in [1.82, 2.24) is 0 Å². The standard InChI is InChI=1S/C10H12Cl2FN/c11-8-2-1-7(10(12)6-8)5-9(13)3-4-14/h1-2,6,9H,3-5,14H2. The molecule has 1 rings (SSSR count). The molecule has 1 unspecified atom stereocenters. The van der Waals surface area contributed by atoms with Crippen LogP contribution in [-0.4, -0.2) is 12.7 Å². The van der Waals surface area contributed by atoms with Crippen molar-refractivity contribution < 1.29 is 4.39 Å². The number of halogens is 3. The molecule has 4 heteroatoms. The Bertz CT molecular complexity index is 304. The summed E-state index contributed by atoms with van der Waals surface area (Å²) in [7, 11) is 0. The molecule has 0 bridgehead atoms.